The molecule has 0 saturated carbocycles. The smallest absolute Gasteiger partial charge is 0.293 e. The summed E-state index contributed by atoms with van der Waals surface area (Å²) < 4.78 is 2.66. The van der Waals surface area contributed by atoms with Crippen molar-refractivity contribution in [2.75, 3.05) is 5.75 Å². The van der Waals surface area contributed by atoms with Crippen LogP contribution in [0.25, 0.3) is 5.70 Å². The largest absolute Gasteiger partial charge is 0.308 e. The number of hydrogen-bond acceptors (Lipinski definition) is 4. The molecule has 3 nitrogen and oxygen atoms in total. The summed E-state index contributed by atoms with van der Waals surface area (Å²) in [5.74, 6) is 1.08. The number of hydrogen-bond donors (Lipinski definition) is 0. The van der Waals surface area contributed by atoms with Gasteiger partial charge in [-0.15, -0.1) is 23.5 Å². The molecule has 0 aliphatic heterocycles. The molecule has 144 valence electrons. The number of nitrogens with zero attached hydrogens (tertiary/aromatic N) is 2. The number of allylic oxidation sites excluding steroid dienone is 1. The first kappa shape index (κ1) is 20.9. The van der Waals surface area contributed by atoms with Gasteiger partial charge in [0.1, 0.15) is 4.24 Å². The van der Waals surface area contributed by atoms with E-state index in [-0.39, 0.29) is 5.78 Å². The van der Waals surface area contributed by atoms with Gasteiger partial charge in [0.25, 0.3) is 0 Å². The van der Waals surface area contributed by atoms with Crippen LogP contribution in [0, 0.1) is 18.3 Å². The number of Topliss-reactive ketones (excluding diaryl/α,β-unsaturated/α-hetero) is 1. The van der Waals surface area contributed by atoms with E-state index in [4.69, 9.17) is 0 Å². The molecule has 0 amide bonds. The van der Waals surface area contributed by atoms with Crippen LogP contribution in [0.2, 0.25) is 0 Å². The molecule has 0 radical (unpaired) electrons. The van der Waals surface area contributed by atoms with Crippen molar-refractivity contribution in [3.63, 3.8) is 0 Å². The number of benzene rings is 2. The Bertz CT molecular complexity index is 1020. The molecule has 3 rings (SSSR count). The predicted octanol–water partition coefficient (Wildman–Crippen LogP) is 5.48. The summed E-state index contributed by atoms with van der Waals surface area (Å²) >= 11 is 3.02. The van der Waals surface area contributed by atoms with Crippen molar-refractivity contribution < 1.29 is 9.36 Å². The Hall–Kier alpha value is -2.81. The van der Waals surface area contributed by atoms with Crippen LogP contribution in [0.1, 0.15) is 21.5 Å². The van der Waals surface area contributed by atoms with Gasteiger partial charge >= 0.3 is 5.70 Å². The molecule has 0 aliphatic carbocycles. The first-order valence-electron chi connectivity index (χ1n) is 9.18. The van der Waals surface area contributed by atoms with E-state index in [0.717, 1.165) is 15.6 Å². The lowest BCUT2D eigenvalue weighted by Crippen LogP contribution is -2.31. The molecule has 0 fully saturated rings. The molecule has 0 N–H and O–H groups in total. The highest BCUT2D eigenvalue weighted by atomic mass is 32.2. The standard InChI is InChI=1S/C24H21N2OS2/c1-19-12-14-26(15-13-19)22(16-25)24(28-17-20-8-4-2-5-9-20)29-18-23(27)21-10-6-3-7-11-21/h2-15H,17-18H2,1H3/q+1/b24-22-. The molecule has 3 aromatic rings. The molecular weight excluding hydrogens is 396 g/mol. The van der Waals surface area contributed by atoms with E-state index in [2.05, 4.69) is 18.2 Å². The van der Waals surface area contributed by atoms with Gasteiger partial charge in [-0.05, 0) is 18.1 Å². The zero-order valence-electron chi connectivity index (χ0n) is 16.1. The van der Waals surface area contributed by atoms with Crippen molar-refractivity contribution in [3.05, 3.63) is 106 Å². The number of aromatic nitrogens is 1. The number of nitriles is 1. The summed E-state index contributed by atoms with van der Waals surface area (Å²) in [6.07, 6.45) is 3.77. The normalized spacial score (nSPS) is 11.4. The second-order valence-electron chi connectivity index (χ2n) is 6.38. The Labute approximate surface area is 180 Å². The first-order chi connectivity index (χ1) is 14.2. The monoisotopic (exact) mass is 417 g/mol. The van der Waals surface area contributed by atoms with E-state index in [1.165, 1.54) is 17.3 Å². The number of pyridine rings is 1. The molecule has 1 heterocycles. The number of ketones is 1. The molecule has 5 heteroatoms. The van der Waals surface area contributed by atoms with Crippen LogP contribution in [-0.4, -0.2) is 11.5 Å². The Kier molecular flexibility index (Phi) is 7.69. The van der Waals surface area contributed by atoms with Gasteiger partial charge in [-0.2, -0.15) is 9.83 Å². The Morgan fingerprint density at radius 2 is 1.55 bits per heavy atom. The van der Waals surface area contributed by atoms with E-state index < -0.39 is 0 Å². The third kappa shape index (κ3) is 6.08. The van der Waals surface area contributed by atoms with Crippen LogP contribution in [0.3, 0.4) is 0 Å². The number of rotatable bonds is 8. The van der Waals surface area contributed by atoms with E-state index in [0.29, 0.717) is 17.0 Å². The first-order valence-corrected chi connectivity index (χ1v) is 11.1. The van der Waals surface area contributed by atoms with Crippen LogP contribution in [0.15, 0.2) is 89.4 Å². The van der Waals surface area contributed by atoms with Gasteiger partial charge < -0.3 is 0 Å². The lowest BCUT2D eigenvalue weighted by molar-refractivity contribution is -0.577. The van der Waals surface area contributed by atoms with Gasteiger partial charge in [0.05, 0.1) is 5.75 Å². The summed E-state index contributed by atoms with van der Waals surface area (Å²) in [4.78, 5) is 12.6. The van der Waals surface area contributed by atoms with Gasteiger partial charge in [0, 0.05) is 23.4 Å². The van der Waals surface area contributed by atoms with Crippen LogP contribution < -0.4 is 4.57 Å². The van der Waals surface area contributed by atoms with Crippen molar-refractivity contribution in [3.8, 4) is 6.07 Å². The van der Waals surface area contributed by atoms with E-state index in [1.54, 1.807) is 11.8 Å². The number of carbonyl (C=O) groups is 1. The minimum atomic E-state index is 0.0552. The van der Waals surface area contributed by atoms with Gasteiger partial charge in [0.2, 0.25) is 0 Å². The Morgan fingerprint density at radius 1 is 0.931 bits per heavy atom. The summed E-state index contributed by atoms with van der Waals surface area (Å²) in [5.41, 5.74) is 3.53. The fourth-order valence-electron chi connectivity index (χ4n) is 2.60. The molecule has 0 saturated heterocycles. The molecule has 0 spiro atoms. The third-order valence-corrected chi connectivity index (χ3v) is 6.70. The average Bonchev–Trinajstić information content (AvgIpc) is 2.78. The maximum atomic E-state index is 12.6. The molecule has 0 atom stereocenters. The van der Waals surface area contributed by atoms with E-state index in [9.17, 15) is 10.1 Å². The minimum Gasteiger partial charge on any atom is -0.293 e. The number of carbonyl (C=O) groups excluding carboxylic acids is 1. The highest BCUT2D eigenvalue weighted by Crippen LogP contribution is 2.34. The van der Waals surface area contributed by atoms with Gasteiger partial charge in [0.15, 0.2) is 24.2 Å². The summed E-state index contributed by atoms with van der Waals surface area (Å²) in [6.45, 7) is 2.01. The zero-order valence-corrected chi connectivity index (χ0v) is 17.7. The van der Waals surface area contributed by atoms with Gasteiger partial charge in [-0.1, -0.05) is 60.7 Å². The maximum absolute atomic E-state index is 12.6. The SMILES string of the molecule is Cc1cc[n+](/C(C#N)=C(\SCC(=O)c2ccccc2)SCc2ccccc2)cc1. The van der Waals surface area contributed by atoms with Gasteiger partial charge in [-0.3, -0.25) is 4.79 Å². The lowest BCUT2D eigenvalue weighted by atomic mass is 10.2. The van der Waals surface area contributed by atoms with Crippen LogP contribution in [0.5, 0.6) is 0 Å². The van der Waals surface area contributed by atoms with Crippen molar-refractivity contribution in [1.82, 2.24) is 0 Å². The topological polar surface area (TPSA) is 44.7 Å². The molecule has 29 heavy (non-hydrogen) atoms. The Balaban J connectivity index is 1.84. The maximum Gasteiger partial charge on any atom is 0.308 e. The Morgan fingerprint density at radius 3 is 2.17 bits per heavy atom. The zero-order chi connectivity index (χ0) is 20.5. The molecule has 1 aromatic heterocycles. The van der Waals surface area contributed by atoms with E-state index >= 15 is 0 Å². The van der Waals surface area contributed by atoms with Gasteiger partial charge in [-0.25, -0.2) is 0 Å². The fraction of sp³-hybridized carbons (Fsp3) is 0.125. The van der Waals surface area contributed by atoms with Crippen molar-refractivity contribution in [2.45, 2.75) is 12.7 Å². The molecular formula is C24H21N2OS2+. The lowest BCUT2D eigenvalue weighted by Gasteiger charge is -2.07. The van der Waals surface area contributed by atoms with Crippen LogP contribution in [-0.2, 0) is 5.75 Å². The molecule has 0 unspecified atom stereocenters. The second kappa shape index (κ2) is 10.7. The highest BCUT2D eigenvalue weighted by Gasteiger charge is 2.20. The van der Waals surface area contributed by atoms with Crippen molar-refractivity contribution >= 4 is 35.0 Å². The molecule has 0 bridgehead atoms. The number of thioether (sulfide) groups is 2. The fourth-order valence-corrected chi connectivity index (χ4v) is 4.78. The summed E-state index contributed by atoms with van der Waals surface area (Å²) in [7, 11) is 0. The summed E-state index contributed by atoms with van der Waals surface area (Å²) in [5, 5.41) is 9.86. The molecule has 2 aromatic carbocycles. The average molecular weight is 418 g/mol. The van der Waals surface area contributed by atoms with Crippen molar-refractivity contribution in [1.29, 1.82) is 5.26 Å². The molecule has 0 aliphatic rings. The summed E-state index contributed by atoms with van der Waals surface area (Å²) in [6, 6.07) is 25.7. The highest BCUT2D eigenvalue weighted by molar-refractivity contribution is 8.22. The predicted molar refractivity (Wildman–Crippen MR) is 121 cm³/mol. The minimum absolute atomic E-state index is 0.0552. The number of aryl methyl sites for hydroxylation is 1. The van der Waals surface area contributed by atoms with E-state index in [1.807, 2.05) is 84.5 Å². The quantitative estimate of drug-likeness (QED) is 0.276. The third-order valence-electron chi connectivity index (χ3n) is 4.20. The van der Waals surface area contributed by atoms with Crippen LogP contribution in [0.4, 0.5) is 0 Å². The van der Waals surface area contributed by atoms with Crippen molar-refractivity contribution in [2.24, 2.45) is 0 Å². The second-order valence-corrected chi connectivity index (χ2v) is 8.61. The van der Waals surface area contributed by atoms with Crippen LogP contribution >= 0.6 is 23.5 Å².